The van der Waals surface area contributed by atoms with Gasteiger partial charge in [-0.15, -0.1) is 0 Å². The average molecular weight is 322 g/mol. The minimum absolute atomic E-state index is 0.419. The normalized spacial score (nSPS) is 25.1. The van der Waals surface area contributed by atoms with Crippen LogP contribution in [-0.2, 0) is 10.0 Å². The number of nitrogens with zero attached hydrogens (tertiary/aromatic N) is 2. The highest BCUT2D eigenvalue weighted by Crippen LogP contribution is 2.27. The Kier molecular flexibility index (Phi) is 4.57. The van der Waals surface area contributed by atoms with Crippen LogP contribution in [0.3, 0.4) is 0 Å². The molecular weight excluding hydrogens is 296 g/mol. The molecule has 2 fully saturated rings. The van der Waals surface area contributed by atoms with Crippen LogP contribution in [0.4, 0.5) is 0 Å². The second-order valence-electron chi connectivity index (χ2n) is 6.57. The summed E-state index contributed by atoms with van der Waals surface area (Å²) in [5, 5.41) is 0. The lowest BCUT2D eigenvalue weighted by atomic mass is 9.99. The third-order valence-corrected chi connectivity index (χ3v) is 7.13. The molecule has 0 N–H and O–H groups in total. The number of fused-ring (bicyclic) bond motifs is 1. The summed E-state index contributed by atoms with van der Waals surface area (Å²) in [5.74, 6) is 0.471. The van der Waals surface area contributed by atoms with E-state index in [2.05, 4.69) is 18.7 Å². The zero-order valence-corrected chi connectivity index (χ0v) is 14.3. The Labute approximate surface area is 134 Å². The van der Waals surface area contributed by atoms with E-state index >= 15 is 0 Å². The van der Waals surface area contributed by atoms with E-state index in [9.17, 15) is 8.42 Å². The molecule has 0 radical (unpaired) electrons. The molecule has 0 aromatic heterocycles. The van der Waals surface area contributed by atoms with Crippen LogP contribution >= 0.6 is 0 Å². The predicted octanol–water partition coefficient (Wildman–Crippen LogP) is 2.67. The van der Waals surface area contributed by atoms with Crippen molar-refractivity contribution in [3.63, 3.8) is 0 Å². The van der Waals surface area contributed by atoms with Crippen LogP contribution in [0.5, 0.6) is 0 Å². The standard InChI is InChI=1S/C17H26N2O2S/c1-3-14(2)15-6-8-17(9-7-15)22(20,21)19-12-11-18-10-4-5-16(18)13-19/h6-9,14,16H,3-5,10-13H2,1-2H3/t14-,16+/m1/s1. The van der Waals surface area contributed by atoms with Crippen LogP contribution in [0, 0.1) is 0 Å². The van der Waals surface area contributed by atoms with Gasteiger partial charge in [0.05, 0.1) is 4.90 Å². The predicted molar refractivity (Wildman–Crippen MR) is 88.5 cm³/mol. The van der Waals surface area contributed by atoms with E-state index < -0.39 is 10.0 Å². The molecule has 4 nitrogen and oxygen atoms in total. The van der Waals surface area contributed by atoms with Crippen molar-refractivity contribution in [1.29, 1.82) is 0 Å². The monoisotopic (exact) mass is 322 g/mol. The first-order valence-electron chi connectivity index (χ1n) is 8.36. The van der Waals surface area contributed by atoms with Crippen molar-refractivity contribution in [1.82, 2.24) is 9.21 Å². The molecule has 0 amide bonds. The molecule has 2 atom stereocenters. The summed E-state index contributed by atoms with van der Waals surface area (Å²) >= 11 is 0. The van der Waals surface area contributed by atoms with Gasteiger partial charge in [-0.25, -0.2) is 8.42 Å². The molecule has 0 aliphatic carbocycles. The van der Waals surface area contributed by atoms with Crippen molar-refractivity contribution < 1.29 is 8.42 Å². The van der Waals surface area contributed by atoms with Crippen molar-refractivity contribution in [2.75, 3.05) is 26.2 Å². The number of benzene rings is 1. The van der Waals surface area contributed by atoms with Gasteiger partial charge in [-0.1, -0.05) is 26.0 Å². The van der Waals surface area contributed by atoms with E-state index in [1.807, 2.05) is 12.1 Å². The third kappa shape index (κ3) is 2.94. The summed E-state index contributed by atoms with van der Waals surface area (Å²) in [5.41, 5.74) is 1.21. The fourth-order valence-electron chi connectivity index (χ4n) is 3.53. The molecule has 1 aromatic rings. The number of hydrogen-bond donors (Lipinski definition) is 0. The fourth-order valence-corrected chi connectivity index (χ4v) is 5.00. The molecular formula is C17H26N2O2S. The maximum absolute atomic E-state index is 12.8. The van der Waals surface area contributed by atoms with Crippen LogP contribution in [0.15, 0.2) is 29.2 Å². The van der Waals surface area contributed by atoms with E-state index in [-0.39, 0.29) is 0 Å². The van der Waals surface area contributed by atoms with Crippen molar-refractivity contribution in [3.8, 4) is 0 Å². The minimum atomic E-state index is -3.34. The Morgan fingerprint density at radius 3 is 2.59 bits per heavy atom. The summed E-state index contributed by atoms with van der Waals surface area (Å²) in [6, 6.07) is 7.90. The summed E-state index contributed by atoms with van der Waals surface area (Å²) in [4.78, 5) is 2.86. The topological polar surface area (TPSA) is 40.6 Å². The average Bonchev–Trinajstić information content (AvgIpc) is 3.01. The first kappa shape index (κ1) is 16.0. The van der Waals surface area contributed by atoms with Gasteiger partial charge in [-0.2, -0.15) is 4.31 Å². The second kappa shape index (κ2) is 6.30. The highest BCUT2D eigenvalue weighted by Gasteiger charge is 2.36. The maximum Gasteiger partial charge on any atom is 0.243 e. The summed E-state index contributed by atoms with van der Waals surface area (Å²) < 4.78 is 27.3. The zero-order chi connectivity index (χ0) is 15.7. The number of piperazine rings is 1. The molecule has 5 heteroatoms. The van der Waals surface area contributed by atoms with E-state index in [4.69, 9.17) is 0 Å². The van der Waals surface area contributed by atoms with Gasteiger partial charge < -0.3 is 0 Å². The molecule has 0 saturated carbocycles. The molecule has 2 aliphatic rings. The maximum atomic E-state index is 12.8. The van der Waals surface area contributed by atoms with Crippen molar-refractivity contribution in [2.24, 2.45) is 0 Å². The van der Waals surface area contributed by atoms with E-state index in [1.165, 1.54) is 12.0 Å². The number of rotatable bonds is 4. The molecule has 2 saturated heterocycles. The highest BCUT2D eigenvalue weighted by atomic mass is 32.2. The SMILES string of the molecule is CC[C@@H](C)c1ccc(S(=O)(=O)N2CCN3CCC[C@H]3C2)cc1. The van der Waals surface area contributed by atoms with Gasteiger partial charge in [0.15, 0.2) is 0 Å². The second-order valence-corrected chi connectivity index (χ2v) is 8.51. The first-order chi connectivity index (χ1) is 10.5. The number of sulfonamides is 1. The molecule has 122 valence electrons. The van der Waals surface area contributed by atoms with Crippen molar-refractivity contribution in [2.45, 2.75) is 50.0 Å². The fraction of sp³-hybridized carbons (Fsp3) is 0.647. The van der Waals surface area contributed by atoms with Gasteiger partial charge in [0.25, 0.3) is 0 Å². The Balaban J connectivity index is 1.77. The minimum Gasteiger partial charge on any atom is -0.298 e. The van der Waals surface area contributed by atoms with Gasteiger partial charge in [-0.3, -0.25) is 4.90 Å². The molecule has 0 spiro atoms. The Morgan fingerprint density at radius 1 is 1.18 bits per heavy atom. The summed E-state index contributed by atoms with van der Waals surface area (Å²) in [7, 11) is -3.34. The van der Waals surface area contributed by atoms with Crippen molar-refractivity contribution in [3.05, 3.63) is 29.8 Å². The summed E-state index contributed by atoms with van der Waals surface area (Å²) in [6.45, 7) is 7.58. The van der Waals surface area contributed by atoms with Crippen molar-refractivity contribution >= 4 is 10.0 Å². The van der Waals surface area contributed by atoms with Crippen LogP contribution in [0.25, 0.3) is 0 Å². The Hall–Kier alpha value is -0.910. The van der Waals surface area contributed by atoms with E-state index in [0.717, 1.165) is 25.9 Å². The molecule has 2 heterocycles. The number of hydrogen-bond acceptors (Lipinski definition) is 3. The molecule has 0 bridgehead atoms. The lowest BCUT2D eigenvalue weighted by Crippen LogP contribution is -2.51. The van der Waals surface area contributed by atoms with Gasteiger partial charge in [0.1, 0.15) is 0 Å². The van der Waals surface area contributed by atoms with Gasteiger partial charge in [0.2, 0.25) is 10.0 Å². The van der Waals surface area contributed by atoms with Gasteiger partial charge in [-0.05, 0) is 49.4 Å². The van der Waals surface area contributed by atoms with Crippen LogP contribution in [0.1, 0.15) is 44.6 Å². The Bertz CT molecular complexity index is 612. The smallest absolute Gasteiger partial charge is 0.243 e. The van der Waals surface area contributed by atoms with Gasteiger partial charge in [0, 0.05) is 25.7 Å². The first-order valence-corrected chi connectivity index (χ1v) is 9.80. The van der Waals surface area contributed by atoms with Crippen LogP contribution in [-0.4, -0.2) is 49.8 Å². The molecule has 0 unspecified atom stereocenters. The summed E-state index contributed by atoms with van der Waals surface area (Å²) in [6.07, 6.45) is 3.39. The molecule has 2 aliphatic heterocycles. The molecule has 1 aromatic carbocycles. The highest BCUT2D eigenvalue weighted by molar-refractivity contribution is 7.89. The zero-order valence-electron chi connectivity index (χ0n) is 13.5. The Morgan fingerprint density at radius 2 is 1.91 bits per heavy atom. The van der Waals surface area contributed by atoms with E-state index in [0.29, 0.717) is 29.9 Å². The lowest BCUT2D eigenvalue weighted by molar-refractivity contribution is 0.158. The molecule has 3 rings (SSSR count). The quantitative estimate of drug-likeness (QED) is 0.856. The van der Waals surface area contributed by atoms with Gasteiger partial charge >= 0.3 is 0 Å². The van der Waals surface area contributed by atoms with E-state index in [1.54, 1.807) is 16.4 Å². The van der Waals surface area contributed by atoms with Crippen LogP contribution < -0.4 is 0 Å². The molecule has 22 heavy (non-hydrogen) atoms. The van der Waals surface area contributed by atoms with Crippen LogP contribution in [0.2, 0.25) is 0 Å². The third-order valence-electron chi connectivity index (χ3n) is 5.25. The largest absolute Gasteiger partial charge is 0.298 e. The lowest BCUT2D eigenvalue weighted by Gasteiger charge is -2.36.